The van der Waals surface area contributed by atoms with E-state index in [1.807, 2.05) is 0 Å². The molecule has 5 heteroatoms. The highest BCUT2D eigenvalue weighted by Gasteiger charge is 2.26. The Morgan fingerprint density at radius 2 is 1.94 bits per heavy atom. The van der Waals surface area contributed by atoms with E-state index in [1.165, 1.54) is 32.4 Å². The number of rotatable bonds is 4. The highest BCUT2D eigenvalue weighted by molar-refractivity contribution is 5.80. The molecule has 0 aliphatic carbocycles. The van der Waals surface area contributed by atoms with Crippen LogP contribution >= 0.6 is 0 Å². The predicted octanol–water partition coefficient (Wildman–Crippen LogP) is -0.769. The van der Waals surface area contributed by atoms with E-state index < -0.39 is 0 Å². The van der Waals surface area contributed by atoms with Gasteiger partial charge in [-0.2, -0.15) is 0 Å². The normalized spacial score (nSPS) is 28.1. The average Bonchev–Trinajstić information content (AvgIpc) is 2.38. The van der Waals surface area contributed by atoms with Crippen molar-refractivity contribution in [3.63, 3.8) is 0 Å². The van der Waals surface area contributed by atoms with E-state index in [0.29, 0.717) is 6.54 Å². The standard InChI is InChI=1S/C12H24N4O/c13-12(17)11-10-14-4-7-16(11)9-8-15-5-2-1-3-6-15/h11,14H,1-10H2,(H2,13,17). The Bertz CT molecular complexity index is 253. The number of carbonyl (C=O) groups excluding carboxylic acids is 1. The quantitative estimate of drug-likeness (QED) is 0.677. The number of amides is 1. The number of likely N-dealkylation sites (tertiary alicyclic amines) is 1. The van der Waals surface area contributed by atoms with Crippen LogP contribution in [0.3, 0.4) is 0 Å². The number of carbonyl (C=O) groups is 1. The monoisotopic (exact) mass is 240 g/mol. The minimum absolute atomic E-state index is 0.117. The molecule has 0 aromatic rings. The van der Waals surface area contributed by atoms with Crippen molar-refractivity contribution in [1.29, 1.82) is 0 Å². The number of piperazine rings is 1. The zero-order valence-electron chi connectivity index (χ0n) is 10.5. The second-order valence-corrected chi connectivity index (χ2v) is 5.06. The van der Waals surface area contributed by atoms with Gasteiger partial charge in [-0.1, -0.05) is 6.42 Å². The molecule has 2 rings (SSSR count). The molecule has 1 unspecified atom stereocenters. The molecule has 3 N–H and O–H groups in total. The van der Waals surface area contributed by atoms with Crippen molar-refractivity contribution >= 4 is 5.91 Å². The topological polar surface area (TPSA) is 61.6 Å². The van der Waals surface area contributed by atoms with Crippen molar-refractivity contribution < 1.29 is 4.79 Å². The van der Waals surface area contributed by atoms with Gasteiger partial charge in [0.1, 0.15) is 6.04 Å². The van der Waals surface area contributed by atoms with Crippen LogP contribution in [-0.2, 0) is 4.79 Å². The van der Waals surface area contributed by atoms with E-state index in [2.05, 4.69) is 15.1 Å². The first kappa shape index (κ1) is 12.8. The van der Waals surface area contributed by atoms with Crippen LogP contribution < -0.4 is 11.1 Å². The summed E-state index contributed by atoms with van der Waals surface area (Å²) in [6.45, 7) is 7.07. The number of nitrogens with two attached hydrogens (primary N) is 1. The molecule has 0 aromatic carbocycles. The Kier molecular flexibility index (Phi) is 4.76. The molecule has 98 valence electrons. The van der Waals surface area contributed by atoms with E-state index >= 15 is 0 Å². The van der Waals surface area contributed by atoms with E-state index in [9.17, 15) is 4.79 Å². The van der Waals surface area contributed by atoms with Crippen LogP contribution in [-0.4, -0.2) is 67.6 Å². The minimum Gasteiger partial charge on any atom is -0.368 e. The maximum absolute atomic E-state index is 11.3. The molecule has 0 spiro atoms. The molecule has 1 atom stereocenters. The molecule has 0 aromatic heterocycles. The summed E-state index contributed by atoms with van der Waals surface area (Å²) in [4.78, 5) is 16.1. The third kappa shape index (κ3) is 3.66. The van der Waals surface area contributed by atoms with Gasteiger partial charge in [-0.05, 0) is 25.9 Å². The van der Waals surface area contributed by atoms with Gasteiger partial charge in [0.2, 0.25) is 5.91 Å². The molecule has 2 aliphatic heterocycles. The third-order valence-corrected chi connectivity index (χ3v) is 3.83. The Morgan fingerprint density at radius 3 is 2.65 bits per heavy atom. The van der Waals surface area contributed by atoms with Gasteiger partial charge in [0.25, 0.3) is 0 Å². The molecular weight excluding hydrogens is 216 g/mol. The van der Waals surface area contributed by atoms with Crippen molar-refractivity contribution in [2.75, 3.05) is 45.8 Å². The van der Waals surface area contributed by atoms with Crippen molar-refractivity contribution in [2.45, 2.75) is 25.3 Å². The fourth-order valence-corrected chi connectivity index (χ4v) is 2.75. The fourth-order valence-electron chi connectivity index (χ4n) is 2.75. The van der Waals surface area contributed by atoms with E-state index in [4.69, 9.17) is 5.73 Å². The van der Waals surface area contributed by atoms with Gasteiger partial charge in [-0.25, -0.2) is 0 Å². The molecular formula is C12H24N4O. The van der Waals surface area contributed by atoms with Crippen LogP contribution in [0.1, 0.15) is 19.3 Å². The lowest BCUT2D eigenvalue weighted by molar-refractivity contribution is -0.123. The smallest absolute Gasteiger partial charge is 0.236 e. The lowest BCUT2D eigenvalue weighted by atomic mass is 10.1. The second-order valence-electron chi connectivity index (χ2n) is 5.06. The van der Waals surface area contributed by atoms with Crippen molar-refractivity contribution in [3.05, 3.63) is 0 Å². The molecule has 1 amide bonds. The summed E-state index contributed by atoms with van der Waals surface area (Å²) in [6.07, 6.45) is 4.01. The zero-order valence-corrected chi connectivity index (χ0v) is 10.5. The molecule has 0 radical (unpaired) electrons. The highest BCUT2D eigenvalue weighted by atomic mass is 16.1. The summed E-state index contributed by atoms with van der Waals surface area (Å²) >= 11 is 0. The summed E-state index contributed by atoms with van der Waals surface area (Å²) in [7, 11) is 0. The first-order valence-electron chi connectivity index (χ1n) is 6.74. The lowest BCUT2D eigenvalue weighted by Crippen LogP contribution is -2.58. The highest BCUT2D eigenvalue weighted by Crippen LogP contribution is 2.09. The zero-order chi connectivity index (χ0) is 12.1. The summed E-state index contributed by atoms with van der Waals surface area (Å²) in [6, 6.07) is -0.117. The van der Waals surface area contributed by atoms with Crippen molar-refractivity contribution in [1.82, 2.24) is 15.1 Å². The Labute approximate surface area is 103 Å². The SMILES string of the molecule is NC(=O)C1CNCCN1CCN1CCCCC1. The summed E-state index contributed by atoms with van der Waals surface area (Å²) in [5, 5.41) is 3.23. The van der Waals surface area contributed by atoms with Crippen LogP contribution in [0.4, 0.5) is 0 Å². The van der Waals surface area contributed by atoms with Gasteiger partial charge in [-0.3, -0.25) is 9.69 Å². The number of nitrogens with one attached hydrogen (secondary N) is 1. The van der Waals surface area contributed by atoms with Crippen molar-refractivity contribution in [3.8, 4) is 0 Å². The van der Waals surface area contributed by atoms with Crippen molar-refractivity contribution in [2.24, 2.45) is 5.73 Å². The van der Waals surface area contributed by atoms with E-state index in [-0.39, 0.29) is 11.9 Å². The summed E-state index contributed by atoms with van der Waals surface area (Å²) in [5.74, 6) is -0.198. The molecule has 2 saturated heterocycles. The van der Waals surface area contributed by atoms with Gasteiger partial charge >= 0.3 is 0 Å². The largest absolute Gasteiger partial charge is 0.368 e. The number of hydrogen-bond donors (Lipinski definition) is 2. The number of primary amides is 1. The fraction of sp³-hybridized carbons (Fsp3) is 0.917. The second kappa shape index (κ2) is 6.33. The Balaban J connectivity index is 1.77. The van der Waals surface area contributed by atoms with Gasteiger partial charge in [-0.15, -0.1) is 0 Å². The van der Waals surface area contributed by atoms with Crippen LogP contribution in [0.2, 0.25) is 0 Å². The van der Waals surface area contributed by atoms with Crippen LogP contribution in [0.25, 0.3) is 0 Å². The molecule has 5 nitrogen and oxygen atoms in total. The Hall–Kier alpha value is -0.650. The predicted molar refractivity (Wildman–Crippen MR) is 67.7 cm³/mol. The average molecular weight is 240 g/mol. The van der Waals surface area contributed by atoms with Crippen LogP contribution in [0.15, 0.2) is 0 Å². The summed E-state index contributed by atoms with van der Waals surface area (Å²) in [5.41, 5.74) is 5.43. The van der Waals surface area contributed by atoms with Gasteiger partial charge in [0.05, 0.1) is 0 Å². The third-order valence-electron chi connectivity index (χ3n) is 3.83. The first-order valence-corrected chi connectivity index (χ1v) is 6.74. The van der Waals surface area contributed by atoms with Gasteiger partial charge < -0.3 is 16.0 Å². The lowest BCUT2D eigenvalue weighted by Gasteiger charge is -2.36. The molecule has 2 aliphatic rings. The maximum Gasteiger partial charge on any atom is 0.236 e. The number of nitrogens with zero attached hydrogens (tertiary/aromatic N) is 2. The van der Waals surface area contributed by atoms with Gasteiger partial charge in [0.15, 0.2) is 0 Å². The van der Waals surface area contributed by atoms with E-state index in [1.54, 1.807) is 0 Å². The Morgan fingerprint density at radius 1 is 1.18 bits per heavy atom. The minimum atomic E-state index is -0.198. The van der Waals surface area contributed by atoms with E-state index in [0.717, 1.165) is 26.2 Å². The molecule has 0 bridgehead atoms. The molecule has 2 fully saturated rings. The summed E-state index contributed by atoms with van der Waals surface area (Å²) < 4.78 is 0. The molecule has 0 saturated carbocycles. The number of piperidine rings is 1. The van der Waals surface area contributed by atoms with Gasteiger partial charge in [0, 0.05) is 32.7 Å². The molecule has 17 heavy (non-hydrogen) atoms. The van der Waals surface area contributed by atoms with Crippen LogP contribution in [0, 0.1) is 0 Å². The van der Waals surface area contributed by atoms with Crippen LogP contribution in [0.5, 0.6) is 0 Å². The first-order chi connectivity index (χ1) is 8.27. The molecule has 2 heterocycles. The number of hydrogen-bond acceptors (Lipinski definition) is 4. The maximum atomic E-state index is 11.3.